The molecule has 0 spiro atoms. The summed E-state index contributed by atoms with van der Waals surface area (Å²) in [6, 6.07) is 10.3. The maximum Gasteiger partial charge on any atom is 0.227 e. The number of hydrogen-bond donors (Lipinski definition) is 0. The lowest BCUT2D eigenvalue weighted by Gasteiger charge is -2.17. The van der Waals surface area contributed by atoms with Gasteiger partial charge in [0.05, 0.1) is 0 Å². The van der Waals surface area contributed by atoms with Gasteiger partial charge in [0.15, 0.2) is 0 Å². The van der Waals surface area contributed by atoms with E-state index in [-0.39, 0.29) is 30.9 Å². The zero-order valence-electron chi connectivity index (χ0n) is 14.5. The van der Waals surface area contributed by atoms with E-state index in [9.17, 15) is 13.6 Å². The number of aryl methyl sites for hydroxylation is 1. The molecule has 1 aromatic heterocycles. The largest absolute Gasteiger partial charge is 0.341 e. The first-order valence-corrected chi connectivity index (χ1v) is 8.56. The molecule has 0 aliphatic rings. The molecule has 0 bridgehead atoms. The Labute approximate surface area is 159 Å². The quantitative estimate of drug-likeness (QED) is 0.630. The van der Waals surface area contributed by atoms with Gasteiger partial charge in [0.1, 0.15) is 11.6 Å². The highest BCUT2D eigenvalue weighted by Crippen LogP contribution is 2.19. The molecule has 0 radical (unpaired) electrons. The fourth-order valence-corrected chi connectivity index (χ4v) is 2.60. The van der Waals surface area contributed by atoms with Gasteiger partial charge in [-0.15, -0.1) is 0 Å². The molecule has 0 aliphatic heterocycles. The molecule has 3 rings (SSSR count). The van der Waals surface area contributed by atoms with Crippen LogP contribution in [0.4, 0.5) is 8.78 Å². The van der Waals surface area contributed by atoms with Gasteiger partial charge in [0, 0.05) is 48.6 Å². The Morgan fingerprint density at radius 3 is 2.63 bits per heavy atom. The van der Waals surface area contributed by atoms with Gasteiger partial charge in [-0.2, -0.15) is 4.98 Å². The molecular formula is C19H16ClF2N3O2. The summed E-state index contributed by atoms with van der Waals surface area (Å²) in [5.74, 6) is -0.812. The van der Waals surface area contributed by atoms with E-state index >= 15 is 0 Å². The van der Waals surface area contributed by atoms with Gasteiger partial charge in [0.2, 0.25) is 17.6 Å². The normalized spacial score (nSPS) is 10.8. The van der Waals surface area contributed by atoms with Crippen LogP contribution in [0.15, 0.2) is 47.0 Å². The Kier molecular flexibility index (Phi) is 5.81. The summed E-state index contributed by atoms with van der Waals surface area (Å²) in [5, 5.41) is 4.49. The zero-order chi connectivity index (χ0) is 19.4. The maximum absolute atomic E-state index is 13.7. The summed E-state index contributed by atoms with van der Waals surface area (Å²) in [5.41, 5.74) is 1.000. The number of carbonyl (C=O) groups excluding carboxylic acids is 1. The molecule has 1 amide bonds. The van der Waals surface area contributed by atoms with Gasteiger partial charge in [-0.1, -0.05) is 22.8 Å². The van der Waals surface area contributed by atoms with Gasteiger partial charge >= 0.3 is 0 Å². The summed E-state index contributed by atoms with van der Waals surface area (Å²) >= 11 is 5.85. The van der Waals surface area contributed by atoms with Gasteiger partial charge in [0.25, 0.3) is 0 Å². The molecule has 0 saturated heterocycles. The Hall–Kier alpha value is -2.80. The standard InChI is InChI=1S/C19H16ClF2N3O2/c1-25(11-13-4-7-15(21)10-16(13)22)18(26)9-8-17-23-19(24-27-17)12-2-5-14(20)6-3-12/h2-7,10H,8-9,11H2,1H3. The van der Waals surface area contributed by atoms with Gasteiger partial charge in [-0.3, -0.25) is 4.79 Å². The summed E-state index contributed by atoms with van der Waals surface area (Å²) in [6.45, 7) is 0.0464. The lowest BCUT2D eigenvalue weighted by Crippen LogP contribution is -2.26. The Balaban J connectivity index is 1.56. The van der Waals surface area contributed by atoms with Crippen molar-refractivity contribution in [2.75, 3.05) is 7.05 Å². The number of aromatic nitrogens is 2. The van der Waals surface area contributed by atoms with Crippen molar-refractivity contribution in [2.45, 2.75) is 19.4 Å². The van der Waals surface area contributed by atoms with Crippen molar-refractivity contribution in [3.63, 3.8) is 0 Å². The smallest absolute Gasteiger partial charge is 0.227 e. The molecule has 0 atom stereocenters. The minimum Gasteiger partial charge on any atom is -0.341 e. The van der Waals surface area contributed by atoms with Crippen molar-refractivity contribution in [1.82, 2.24) is 15.0 Å². The number of rotatable bonds is 6. The summed E-state index contributed by atoms with van der Waals surface area (Å²) in [7, 11) is 1.55. The highest BCUT2D eigenvalue weighted by Gasteiger charge is 2.15. The average molecular weight is 392 g/mol. The van der Waals surface area contributed by atoms with Crippen LogP contribution < -0.4 is 0 Å². The molecule has 1 heterocycles. The van der Waals surface area contributed by atoms with Crippen LogP contribution in [-0.2, 0) is 17.8 Å². The number of nitrogens with zero attached hydrogens (tertiary/aromatic N) is 3. The van der Waals surface area contributed by atoms with Crippen molar-refractivity contribution in [1.29, 1.82) is 0 Å². The van der Waals surface area contributed by atoms with E-state index in [1.54, 1.807) is 31.3 Å². The minimum atomic E-state index is -0.681. The van der Waals surface area contributed by atoms with Crippen molar-refractivity contribution >= 4 is 17.5 Å². The first kappa shape index (κ1) is 19.0. The second kappa shape index (κ2) is 8.26. The van der Waals surface area contributed by atoms with Crippen molar-refractivity contribution in [3.05, 3.63) is 70.6 Å². The number of benzene rings is 2. The fourth-order valence-electron chi connectivity index (χ4n) is 2.47. The van der Waals surface area contributed by atoms with E-state index in [1.807, 2.05) is 0 Å². The molecule has 0 aliphatic carbocycles. The zero-order valence-corrected chi connectivity index (χ0v) is 15.2. The molecule has 0 unspecified atom stereocenters. The van der Waals surface area contributed by atoms with Gasteiger partial charge in [-0.05, 0) is 30.3 Å². The summed E-state index contributed by atoms with van der Waals surface area (Å²) in [4.78, 5) is 17.9. The summed E-state index contributed by atoms with van der Waals surface area (Å²) in [6.07, 6.45) is 0.386. The van der Waals surface area contributed by atoms with Crippen molar-refractivity contribution in [3.8, 4) is 11.4 Å². The van der Waals surface area contributed by atoms with E-state index < -0.39 is 11.6 Å². The second-order valence-electron chi connectivity index (χ2n) is 6.00. The third-order valence-corrected chi connectivity index (χ3v) is 4.22. The average Bonchev–Trinajstić information content (AvgIpc) is 3.11. The van der Waals surface area contributed by atoms with E-state index in [0.717, 1.165) is 17.7 Å². The predicted molar refractivity (Wildman–Crippen MR) is 95.9 cm³/mol. The van der Waals surface area contributed by atoms with E-state index in [4.69, 9.17) is 16.1 Å². The Morgan fingerprint density at radius 2 is 1.93 bits per heavy atom. The molecule has 3 aromatic rings. The van der Waals surface area contributed by atoms with Crippen molar-refractivity contribution < 1.29 is 18.1 Å². The maximum atomic E-state index is 13.7. The lowest BCUT2D eigenvalue weighted by molar-refractivity contribution is -0.130. The van der Waals surface area contributed by atoms with Crippen LogP contribution in [0.2, 0.25) is 5.02 Å². The lowest BCUT2D eigenvalue weighted by atomic mass is 10.2. The van der Waals surface area contributed by atoms with E-state index in [1.165, 1.54) is 11.0 Å². The second-order valence-corrected chi connectivity index (χ2v) is 6.44. The predicted octanol–water partition coefficient (Wildman–Crippen LogP) is 4.26. The first-order valence-electron chi connectivity index (χ1n) is 8.19. The van der Waals surface area contributed by atoms with Gasteiger partial charge < -0.3 is 9.42 Å². The molecular weight excluding hydrogens is 376 g/mol. The van der Waals surface area contributed by atoms with Crippen LogP contribution in [0.1, 0.15) is 17.9 Å². The molecule has 27 heavy (non-hydrogen) atoms. The SMILES string of the molecule is CN(Cc1ccc(F)cc1F)C(=O)CCc1nc(-c2ccc(Cl)cc2)no1. The molecule has 0 fully saturated rings. The number of hydrogen-bond acceptors (Lipinski definition) is 4. The third kappa shape index (κ3) is 4.89. The fraction of sp³-hybridized carbons (Fsp3) is 0.211. The van der Waals surface area contributed by atoms with E-state index in [0.29, 0.717) is 16.7 Å². The molecule has 140 valence electrons. The number of carbonyl (C=O) groups is 1. The van der Waals surface area contributed by atoms with Crippen LogP contribution >= 0.6 is 11.6 Å². The minimum absolute atomic E-state index is 0.0464. The van der Waals surface area contributed by atoms with E-state index in [2.05, 4.69) is 10.1 Å². The highest BCUT2D eigenvalue weighted by molar-refractivity contribution is 6.30. The Morgan fingerprint density at radius 1 is 1.19 bits per heavy atom. The van der Waals surface area contributed by atoms with Crippen LogP contribution in [-0.4, -0.2) is 28.0 Å². The van der Waals surface area contributed by atoms with Crippen LogP contribution in [0, 0.1) is 11.6 Å². The topological polar surface area (TPSA) is 59.2 Å². The molecule has 0 saturated carbocycles. The number of halogens is 3. The van der Waals surface area contributed by atoms with Crippen LogP contribution in [0.3, 0.4) is 0 Å². The molecule has 2 aromatic carbocycles. The van der Waals surface area contributed by atoms with Crippen LogP contribution in [0.5, 0.6) is 0 Å². The molecule has 8 heteroatoms. The number of amides is 1. The third-order valence-electron chi connectivity index (χ3n) is 3.97. The van der Waals surface area contributed by atoms with Gasteiger partial charge in [-0.25, -0.2) is 8.78 Å². The molecule has 0 N–H and O–H groups in total. The van der Waals surface area contributed by atoms with Crippen molar-refractivity contribution in [2.24, 2.45) is 0 Å². The molecule has 5 nitrogen and oxygen atoms in total. The highest BCUT2D eigenvalue weighted by atomic mass is 35.5. The Bertz CT molecular complexity index is 944. The first-order chi connectivity index (χ1) is 12.9. The monoisotopic (exact) mass is 391 g/mol. The summed E-state index contributed by atoms with van der Waals surface area (Å²) < 4.78 is 31.8. The van der Waals surface area contributed by atoms with Crippen LogP contribution in [0.25, 0.3) is 11.4 Å².